The van der Waals surface area contributed by atoms with Crippen molar-refractivity contribution in [3.63, 3.8) is 0 Å². The van der Waals surface area contributed by atoms with Gasteiger partial charge in [-0.05, 0) is 42.5 Å². The minimum absolute atomic E-state index is 0.0288. The van der Waals surface area contributed by atoms with Crippen molar-refractivity contribution in [2.24, 2.45) is 0 Å². The Labute approximate surface area is 146 Å². The highest BCUT2D eigenvalue weighted by molar-refractivity contribution is 7.90. The van der Waals surface area contributed by atoms with Crippen molar-refractivity contribution in [2.45, 2.75) is 11.1 Å². The fourth-order valence-electron chi connectivity index (χ4n) is 2.39. The number of halogens is 4. The largest absolute Gasteiger partial charge is 0.434 e. The Kier molecular flexibility index (Phi) is 4.35. The van der Waals surface area contributed by atoms with Gasteiger partial charge in [0.05, 0.1) is 4.90 Å². The minimum Gasteiger partial charge on any atom is -0.299 e. The van der Waals surface area contributed by atoms with Crippen LogP contribution in [-0.2, 0) is 16.0 Å². The van der Waals surface area contributed by atoms with Crippen LogP contribution in [0.5, 0.6) is 0 Å². The average Bonchev–Trinajstić information content (AvgIpc) is 3.00. The van der Waals surface area contributed by atoms with Crippen LogP contribution in [0.15, 0.2) is 59.6 Å². The highest BCUT2D eigenvalue weighted by atomic mass is 32.2. The first-order chi connectivity index (χ1) is 12.1. The standard InChI is InChI=1S/C17H12F4N2O2S/c1-26(24,25)14-7-5-11(6-8-14)16-22-15(17(19,20)21)10-23(16)13-4-2-3-12(18)9-13/h2-10H,1H3. The summed E-state index contributed by atoms with van der Waals surface area (Å²) in [5.74, 6) is -0.689. The van der Waals surface area contributed by atoms with E-state index in [0.29, 0.717) is 0 Å². The van der Waals surface area contributed by atoms with Crippen molar-refractivity contribution in [1.29, 1.82) is 0 Å². The van der Waals surface area contributed by atoms with E-state index < -0.39 is 27.5 Å². The monoisotopic (exact) mass is 384 g/mol. The number of alkyl halides is 3. The van der Waals surface area contributed by atoms with Gasteiger partial charge in [-0.1, -0.05) is 6.07 Å². The molecule has 0 N–H and O–H groups in total. The second kappa shape index (κ2) is 6.24. The lowest BCUT2D eigenvalue weighted by Crippen LogP contribution is -2.05. The van der Waals surface area contributed by atoms with Crippen molar-refractivity contribution < 1.29 is 26.0 Å². The zero-order chi connectivity index (χ0) is 19.1. The maximum absolute atomic E-state index is 13.5. The van der Waals surface area contributed by atoms with E-state index in [1.54, 1.807) is 0 Å². The first-order valence-corrected chi connectivity index (χ1v) is 9.18. The smallest absolute Gasteiger partial charge is 0.299 e. The topological polar surface area (TPSA) is 52.0 Å². The van der Waals surface area contributed by atoms with Gasteiger partial charge in [0.1, 0.15) is 11.6 Å². The van der Waals surface area contributed by atoms with E-state index in [-0.39, 0.29) is 22.0 Å². The van der Waals surface area contributed by atoms with Gasteiger partial charge < -0.3 is 0 Å². The lowest BCUT2D eigenvalue weighted by molar-refractivity contribution is -0.140. The molecule has 4 nitrogen and oxygen atoms in total. The fourth-order valence-corrected chi connectivity index (χ4v) is 3.02. The van der Waals surface area contributed by atoms with Crippen molar-refractivity contribution in [1.82, 2.24) is 9.55 Å². The summed E-state index contributed by atoms with van der Waals surface area (Å²) >= 11 is 0. The summed E-state index contributed by atoms with van der Waals surface area (Å²) in [5, 5.41) is 0. The lowest BCUT2D eigenvalue weighted by Gasteiger charge is -2.08. The highest BCUT2D eigenvalue weighted by Gasteiger charge is 2.35. The molecule has 0 atom stereocenters. The minimum atomic E-state index is -4.68. The van der Waals surface area contributed by atoms with E-state index in [1.807, 2.05) is 0 Å². The van der Waals surface area contributed by atoms with Crippen LogP contribution < -0.4 is 0 Å². The zero-order valence-corrected chi connectivity index (χ0v) is 14.1. The summed E-state index contributed by atoms with van der Waals surface area (Å²) in [6.07, 6.45) is -2.88. The first kappa shape index (κ1) is 18.1. The molecule has 0 saturated heterocycles. The molecule has 0 saturated carbocycles. The number of hydrogen-bond donors (Lipinski definition) is 0. The quantitative estimate of drug-likeness (QED) is 0.639. The molecule has 3 aromatic rings. The summed E-state index contributed by atoms with van der Waals surface area (Å²) in [4.78, 5) is 3.64. The van der Waals surface area contributed by atoms with E-state index in [2.05, 4.69) is 4.98 Å². The van der Waals surface area contributed by atoms with Crippen LogP contribution >= 0.6 is 0 Å². The third-order valence-electron chi connectivity index (χ3n) is 3.62. The molecule has 0 spiro atoms. The van der Waals surface area contributed by atoms with Gasteiger partial charge in [-0.15, -0.1) is 0 Å². The Morgan fingerprint density at radius 2 is 1.69 bits per heavy atom. The van der Waals surface area contributed by atoms with Crippen molar-refractivity contribution in [3.05, 3.63) is 66.2 Å². The van der Waals surface area contributed by atoms with Gasteiger partial charge in [0.25, 0.3) is 0 Å². The number of nitrogens with zero attached hydrogens (tertiary/aromatic N) is 2. The molecule has 0 fully saturated rings. The number of rotatable bonds is 3. The normalized spacial score (nSPS) is 12.3. The molecule has 0 aliphatic rings. The SMILES string of the molecule is CS(=O)(=O)c1ccc(-c2nc(C(F)(F)F)cn2-c2cccc(F)c2)cc1. The molecular weight excluding hydrogens is 372 g/mol. The summed E-state index contributed by atoms with van der Waals surface area (Å²) in [7, 11) is -3.44. The van der Waals surface area contributed by atoms with E-state index in [4.69, 9.17) is 0 Å². The summed E-state index contributed by atoms with van der Waals surface area (Å²) in [6, 6.07) is 10.3. The molecule has 1 aromatic heterocycles. The molecule has 26 heavy (non-hydrogen) atoms. The van der Waals surface area contributed by atoms with Crippen molar-refractivity contribution in [3.8, 4) is 17.1 Å². The summed E-state index contributed by atoms with van der Waals surface area (Å²) < 4.78 is 76.9. The Hall–Kier alpha value is -2.68. The molecule has 0 aliphatic heterocycles. The van der Waals surface area contributed by atoms with E-state index in [0.717, 1.165) is 23.1 Å². The van der Waals surface area contributed by atoms with E-state index in [9.17, 15) is 26.0 Å². The number of hydrogen-bond acceptors (Lipinski definition) is 3. The van der Waals surface area contributed by atoms with E-state index in [1.165, 1.54) is 42.5 Å². The second-order valence-electron chi connectivity index (χ2n) is 5.59. The second-order valence-corrected chi connectivity index (χ2v) is 7.61. The molecule has 0 radical (unpaired) electrons. The van der Waals surface area contributed by atoms with Gasteiger partial charge in [0, 0.05) is 23.7 Å². The zero-order valence-electron chi connectivity index (χ0n) is 13.3. The maximum atomic E-state index is 13.5. The number of aromatic nitrogens is 2. The van der Waals surface area contributed by atoms with Gasteiger partial charge in [-0.2, -0.15) is 13.2 Å². The summed E-state index contributed by atoms with van der Waals surface area (Å²) in [6.45, 7) is 0. The van der Waals surface area contributed by atoms with Crippen LogP contribution in [0.2, 0.25) is 0 Å². The summed E-state index contributed by atoms with van der Waals surface area (Å²) in [5.41, 5.74) is -0.712. The van der Waals surface area contributed by atoms with Crippen LogP contribution in [0.25, 0.3) is 17.1 Å². The Bertz CT molecular complexity index is 1060. The molecule has 0 amide bonds. The van der Waals surface area contributed by atoms with Gasteiger partial charge in [0.2, 0.25) is 0 Å². The predicted octanol–water partition coefficient (Wildman–Crippen LogP) is 4.10. The molecule has 2 aromatic carbocycles. The van der Waals surface area contributed by atoms with Crippen LogP contribution in [0, 0.1) is 5.82 Å². The average molecular weight is 384 g/mol. The molecule has 136 valence electrons. The molecule has 9 heteroatoms. The molecule has 1 heterocycles. The number of imidazole rings is 1. The third-order valence-corrected chi connectivity index (χ3v) is 4.75. The Morgan fingerprint density at radius 1 is 1.04 bits per heavy atom. The predicted molar refractivity (Wildman–Crippen MR) is 87.1 cm³/mol. The molecule has 3 rings (SSSR count). The first-order valence-electron chi connectivity index (χ1n) is 7.29. The van der Waals surface area contributed by atoms with Crippen LogP contribution in [0.3, 0.4) is 0 Å². The van der Waals surface area contributed by atoms with Gasteiger partial charge in [0.15, 0.2) is 15.5 Å². The van der Waals surface area contributed by atoms with Crippen molar-refractivity contribution >= 4 is 9.84 Å². The highest BCUT2D eigenvalue weighted by Crippen LogP contribution is 2.33. The van der Waals surface area contributed by atoms with Crippen LogP contribution in [0.4, 0.5) is 17.6 Å². The van der Waals surface area contributed by atoms with Gasteiger partial charge >= 0.3 is 6.18 Å². The Morgan fingerprint density at radius 3 is 2.23 bits per heavy atom. The third kappa shape index (κ3) is 3.62. The number of sulfone groups is 1. The molecule has 0 unspecified atom stereocenters. The Balaban J connectivity index is 2.18. The molecule has 0 bridgehead atoms. The van der Waals surface area contributed by atoms with E-state index >= 15 is 0 Å². The van der Waals surface area contributed by atoms with Crippen LogP contribution in [0.1, 0.15) is 5.69 Å². The lowest BCUT2D eigenvalue weighted by atomic mass is 10.2. The van der Waals surface area contributed by atoms with Crippen molar-refractivity contribution in [2.75, 3.05) is 6.26 Å². The molecule has 0 aliphatic carbocycles. The molecular formula is C17H12F4N2O2S. The number of benzene rings is 2. The van der Waals surface area contributed by atoms with Gasteiger partial charge in [-0.25, -0.2) is 17.8 Å². The maximum Gasteiger partial charge on any atom is 0.434 e. The fraction of sp³-hybridized carbons (Fsp3) is 0.118. The van der Waals surface area contributed by atoms with Crippen LogP contribution in [-0.4, -0.2) is 24.2 Å². The van der Waals surface area contributed by atoms with Gasteiger partial charge in [-0.3, -0.25) is 4.57 Å².